The Bertz CT molecular complexity index is 1200. The number of rotatable bonds is 2. The van der Waals surface area contributed by atoms with E-state index in [-0.39, 0.29) is 0 Å². The first-order valence-corrected chi connectivity index (χ1v) is 10.2. The van der Waals surface area contributed by atoms with E-state index in [2.05, 4.69) is 5.32 Å². The lowest BCUT2D eigenvalue weighted by Crippen LogP contribution is -2.24. The molecule has 0 amide bonds. The summed E-state index contributed by atoms with van der Waals surface area (Å²) in [5.74, 6) is 0. The summed E-state index contributed by atoms with van der Waals surface area (Å²) in [6.07, 6.45) is 0.936. The molecule has 26 heavy (non-hydrogen) atoms. The highest BCUT2D eigenvalue weighted by Crippen LogP contribution is 2.32. The Kier molecular flexibility index (Phi) is 3.42. The molecular formula is C21H18N2O2S. The highest BCUT2D eigenvalue weighted by molar-refractivity contribution is 7.90. The Balaban J connectivity index is 1.81. The van der Waals surface area contributed by atoms with Crippen LogP contribution in [0.3, 0.4) is 0 Å². The molecule has 3 aromatic carbocycles. The molecule has 130 valence electrons. The molecule has 0 radical (unpaired) electrons. The zero-order valence-corrected chi connectivity index (χ0v) is 15.0. The van der Waals surface area contributed by atoms with Crippen LogP contribution in [0.1, 0.15) is 11.1 Å². The van der Waals surface area contributed by atoms with Crippen LogP contribution in [0, 0.1) is 0 Å². The second-order valence-electron chi connectivity index (χ2n) is 6.66. The third kappa shape index (κ3) is 2.21. The zero-order chi connectivity index (χ0) is 17.7. The Labute approximate surface area is 152 Å². The molecule has 0 unspecified atom stereocenters. The third-order valence-corrected chi connectivity index (χ3v) is 6.86. The van der Waals surface area contributed by atoms with Crippen LogP contribution in [0.25, 0.3) is 21.8 Å². The average Bonchev–Trinajstić information content (AvgIpc) is 3.03. The summed E-state index contributed by atoms with van der Waals surface area (Å²) >= 11 is 0. The molecule has 0 spiro atoms. The van der Waals surface area contributed by atoms with Crippen LogP contribution in [0.4, 0.5) is 0 Å². The van der Waals surface area contributed by atoms with Gasteiger partial charge in [-0.05, 0) is 48.4 Å². The van der Waals surface area contributed by atoms with Crippen LogP contribution < -0.4 is 5.32 Å². The van der Waals surface area contributed by atoms with E-state index in [1.807, 2.05) is 60.7 Å². The van der Waals surface area contributed by atoms with Gasteiger partial charge in [-0.15, -0.1) is 0 Å². The van der Waals surface area contributed by atoms with Gasteiger partial charge in [-0.1, -0.05) is 42.5 Å². The molecule has 1 N–H and O–H groups in total. The first-order valence-electron chi connectivity index (χ1n) is 8.72. The quantitative estimate of drug-likeness (QED) is 0.592. The van der Waals surface area contributed by atoms with Gasteiger partial charge in [-0.2, -0.15) is 0 Å². The number of hydrogen-bond donors (Lipinski definition) is 1. The molecule has 0 saturated carbocycles. The van der Waals surface area contributed by atoms with Gasteiger partial charge in [0.1, 0.15) is 0 Å². The van der Waals surface area contributed by atoms with Gasteiger partial charge in [-0.25, -0.2) is 12.4 Å². The molecule has 0 fully saturated rings. The minimum absolute atomic E-state index is 0.339. The molecule has 4 aromatic rings. The van der Waals surface area contributed by atoms with Gasteiger partial charge < -0.3 is 5.32 Å². The maximum atomic E-state index is 13.6. The van der Waals surface area contributed by atoms with Crippen molar-refractivity contribution >= 4 is 31.8 Å². The topological polar surface area (TPSA) is 51.1 Å². The summed E-state index contributed by atoms with van der Waals surface area (Å²) in [4.78, 5) is 0.339. The van der Waals surface area contributed by atoms with Crippen molar-refractivity contribution in [1.82, 2.24) is 9.29 Å². The maximum Gasteiger partial charge on any atom is 0.268 e. The van der Waals surface area contributed by atoms with E-state index in [0.29, 0.717) is 22.5 Å². The van der Waals surface area contributed by atoms with Crippen molar-refractivity contribution in [1.29, 1.82) is 0 Å². The Morgan fingerprint density at radius 2 is 1.46 bits per heavy atom. The van der Waals surface area contributed by atoms with Crippen LogP contribution in [0.5, 0.6) is 0 Å². The lowest BCUT2D eigenvalue weighted by molar-refractivity contribution is 0.589. The molecule has 5 heteroatoms. The number of hydrogen-bond acceptors (Lipinski definition) is 3. The zero-order valence-electron chi connectivity index (χ0n) is 14.1. The molecule has 0 aliphatic carbocycles. The number of benzene rings is 3. The molecule has 0 bridgehead atoms. The van der Waals surface area contributed by atoms with E-state index in [1.165, 1.54) is 9.54 Å². The van der Waals surface area contributed by atoms with Crippen LogP contribution >= 0.6 is 0 Å². The van der Waals surface area contributed by atoms with Crippen LogP contribution in [0.15, 0.2) is 71.6 Å². The fourth-order valence-electron chi connectivity index (χ4n) is 3.87. The van der Waals surface area contributed by atoms with Gasteiger partial charge in [0.2, 0.25) is 0 Å². The Hall–Kier alpha value is -2.63. The van der Waals surface area contributed by atoms with Crippen LogP contribution in [-0.2, 0) is 23.0 Å². The third-order valence-electron chi connectivity index (χ3n) is 5.14. The Morgan fingerprint density at radius 3 is 2.15 bits per heavy atom. The van der Waals surface area contributed by atoms with Gasteiger partial charge in [0.05, 0.1) is 15.9 Å². The molecule has 0 saturated heterocycles. The van der Waals surface area contributed by atoms with E-state index in [4.69, 9.17) is 0 Å². The minimum atomic E-state index is -3.69. The molecule has 0 atom stereocenters. The first kappa shape index (κ1) is 15.6. The molecule has 1 aromatic heterocycles. The van der Waals surface area contributed by atoms with Crippen molar-refractivity contribution in [2.24, 2.45) is 0 Å². The van der Waals surface area contributed by atoms with Crippen molar-refractivity contribution in [2.75, 3.05) is 6.54 Å². The number of nitrogens with zero attached hydrogens (tertiary/aromatic N) is 1. The van der Waals surface area contributed by atoms with Gasteiger partial charge in [0.15, 0.2) is 0 Å². The first-order chi connectivity index (χ1) is 12.7. The molecule has 4 nitrogen and oxygen atoms in total. The predicted molar refractivity (Wildman–Crippen MR) is 104 cm³/mol. The Morgan fingerprint density at radius 1 is 0.808 bits per heavy atom. The van der Waals surface area contributed by atoms with Crippen molar-refractivity contribution in [3.63, 3.8) is 0 Å². The van der Waals surface area contributed by atoms with E-state index in [9.17, 15) is 8.42 Å². The van der Waals surface area contributed by atoms with Crippen molar-refractivity contribution in [2.45, 2.75) is 17.9 Å². The van der Waals surface area contributed by atoms with Crippen molar-refractivity contribution in [3.8, 4) is 0 Å². The second-order valence-corrected chi connectivity index (χ2v) is 8.45. The fraction of sp³-hybridized carbons (Fsp3) is 0.143. The number of para-hydroxylation sites is 2. The summed E-state index contributed by atoms with van der Waals surface area (Å²) < 4.78 is 28.6. The van der Waals surface area contributed by atoms with E-state index < -0.39 is 10.0 Å². The van der Waals surface area contributed by atoms with Crippen molar-refractivity contribution < 1.29 is 8.42 Å². The standard InChI is InChI=1S/C21H18N2O2S/c24-26(25,17-10-9-15-11-12-22-14-16(15)13-17)23-20-7-3-1-5-18(20)19-6-2-4-8-21(19)23/h1-10,13,22H,11-12,14H2. The van der Waals surface area contributed by atoms with Gasteiger partial charge >= 0.3 is 0 Å². The molecule has 1 aliphatic rings. The summed E-state index contributed by atoms with van der Waals surface area (Å²) in [5.41, 5.74) is 3.72. The van der Waals surface area contributed by atoms with Crippen molar-refractivity contribution in [3.05, 3.63) is 77.9 Å². The summed E-state index contributed by atoms with van der Waals surface area (Å²) in [6, 6.07) is 20.8. The average molecular weight is 362 g/mol. The SMILES string of the molecule is O=S(=O)(c1ccc2c(c1)CNCC2)n1c2ccccc2c2ccccc21. The molecule has 5 rings (SSSR count). The smallest absolute Gasteiger partial charge is 0.268 e. The van der Waals surface area contributed by atoms with Gasteiger partial charge in [0.25, 0.3) is 10.0 Å². The summed E-state index contributed by atoms with van der Waals surface area (Å²) in [6.45, 7) is 1.65. The largest absolute Gasteiger partial charge is 0.312 e. The minimum Gasteiger partial charge on any atom is -0.312 e. The second kappa shape index (κ2) is 5.69. The lowest BCUT2D eigenvalue weighted by Gasteiger charge is -2.18. The van der Waals surface area contributed by atoms with E-state index >= 15 is 0 Å². The predicted octanol–water partition coefficient (Wildman–Crippen LogP) is 3.68. The summed E-state index contributed by atoms with van der Waals surface area (Å²) in [7, 11) is -3.69. The molecule has 2 heterocycles. The fourth-order valence-corrected chi connectivity index (χ4v) is 5.45. The highest BCUT2D eigenvalue weighted by atomic mass is 32.2. The van der Waals surface area contributed by atoms with Crippen LogP contribution in [0.2, 0.25) is 0 Å². The van der Waals surface area contributed by atoms with Gasteiger partial charge in [-0.3, -0.25) is 0 Å². The number of fused-ring (bicyclic) bond motifs is 4. The molecule has 1 aliphatic heterocycles. The number of aromatic nitrogens is 1. The van der Waals surface area contributed by atoms with Crippen LogP contribution in [-0.4, -0.2) is 18.9 Å². The summed E-state index contributed by atoms with van der Waals surface area (Å²) in [5, 5.41) is 5.21. The molecular weight excluding hydrogens is 344 g/mol. The highest BCUT2D eigenvalue weighted by Gasteiger charge is 2.24. The lowest BCUT2D eigenvalue weighted by atomic mass is 10.0. The maximum absolute atomic E-state index is 13.6. The van der Waals surface area contributed by atoms with E-state index in [0.717, 1.165) is 29.3 Å². The van der Waals surface area contributed by atoms with E-state index in [1.54, 1.807) is 6.07 Å². The monoisotopic (exact) mass is 362 g/mol. The number of nitrogens with one attached hydrogen (secondary N) is 1. The normalized spacial score (nSPS) is 14.6. The van der Waals surface area contributed by atoms with Gasteiger partial charge in [0, 0.05) is 17.3 Å².